The fourth-order valence-electron chi connectivity index (χ4n) is 1.34. The zero-order valence-corrected chi connectivity index (χ0v) is 10.1. The standard InChI is InChI=1S/C11H11F2N3O4/c12-6-1-2-8(7(13)3-6)15-11(20)16(4-9(14)17)5-10(18)19/h1-3H,4-5H2,(H2,14,17)(H,15,20)(H,18,19). The van der Waals surface area contributed by atoms with Gasteiger partial charge in [0, 0.05) is 6.07 Å². The molecule has 0 radical (unpaired) electrons. The molecule has 0 saturated heterocycles. The first kappa shape index (κ1) is 15.3. The van der Waals surface area contributed by atoms with Crippen LogP contribution in [0.4, 0.5) is 19.3 Å². The Balaban J connectivity index is 2.84. The number of nitrogens with zero attached hydrogens (tertiary/aromatic N) is 1. The molecular weight excluding hydrogens is 276 g/mol. The van der Waals surface area contributed by atoms with Crippen LogP contribution in [0.1, 0.15) is 0 Å². The van der Waals surface area contributed by atoms with Crippen LogP contribution >= 0.6 is 0 Å². The van der Waals surface area contributed by atoms with Gasteiger partial charge in [0.05, 0.1) is 5.69 Å². The van der Waals surface area contributed by atoms with Gasteiger partial charge in [-0.25, -0.2) is 13.6 Å². The number of urea groups is 1. The number of halogens is 2. The minimum Gasteiger partial charge on any atom is -0.480 e. The molecule has 0 unspecified atom stereocenters. The summed E-state index contributed by atoms with van der Waals surface area (Å²) in [6.07, 6.45) is 0. The van der Waals surface area contributed by atoms with Gasteiger partial charge in [-0.3, -0.25) is 9.59 Å². The first-order chi connectivity index (χ1) is 9.29. The second-order valence-electron chi connectivity index (χ2n) is 3.77. The van der Waals surface area contributed by atoms with E-state index in [1.54, 1.807) is 0 Å². The molecule has 0 aromatic heterocycles. The van der Waals surface area contributed by atoms with E-state index in [-0.39, 0.29) is 5.69 Å². The van der Waals surface area contributed by atoms with E-state index in [0.29, 0.717) is 11.0 Å². The van der Waals surface area contributed by atoms with Crippen LogP contribution in [-0.2, 0) is 9.59 Å². The average Bonchev–Trinajstić information content (AvgIpc) is 2.30. The van der Waals surface area contributed by atoms with E-state index in [2.05, 4.69) is 0 Å². The third kappa shape index (κ3) is 4.52. The van der Waals surface area contributed by atoms with Crippen LogP contribution in [-0.4, -0.2) is 41.0 Å². The van der Waals surface area contributed by atoms with E-state index in [4.69, 9.17) is 10.8 Å². The highest BCUT2D eigenvalue weighted by atomic mass is 19.1. The Hall–Kier alpha value is -2.71. The topological polar surface area (TPSA) is 113 Å². The molecule has 0 aliphatic rings. The summed E-state index contributed by atoms with van der Waals surface area (Å²) < 4.78 is 26.0. The third-order valence-corrected chi connectivity index (χ3v) is 2.13. The van der Waals surface area contributed by atoms with Crippen molar-refractivity contribution in [1.82, 2.24) is 4.90 Å². The summed E-state index contributed by atoms with van der Waals surface area (Å²) in [6, 6.07) is 1.38. The van der Waals surface area contributed by atoms with Crippen LogP contribution in [0.5, 0.6) is 0 Å². The summed E-state index contributed by atoms with van der Waals surface area (Å²) in [5.41, 5.74) is 4.52. The van der Waals surface area contributed by atoms with Crippen molar-refractivity contribution in [2.45, 2.75) is 0 Å². The number of nitrogens with one attached hydrogen (secondary N) is 1. The van der Waals surface area contributed by atoms with Gasteiger partial charge >= 0.3 is 12.0 Å². The van der Waals surface area contributed by atoms with E-state index in [9.17, 15) is 23.2 Å². The maximum atomic E-state index is 13.3. The molecule has 1 aromatic carbocycles. The smallest absolute Gasteiger partial charge is 0.323 e. The van der Waals surface area contributed by atoms with Crippen molar-refractivity contribution in [3.05, 3.63) is 29.8 Å². The number of hydrogen-bond donors (Lipinski definition) is 3. The van der Waals surface area contributed by atoms with Crippen molar-refractivity contribution in [3.8, 4) is 0 Å². The molecule has 1 rings (SSSR count). The highest BCUT2D eigenvalue weighted by Gasteiger charge is 2.20. The lowest BCUT2D eigenvalue weighted by Crippen LogP contribution is -2.43. The van der Waals surface area contributed by atoms with Gasteiger partial charge in [-0.1, -0.05) is 0 Å². The molecule has 0 bridgehead atoms. The maximum Gasteiger partial charge on any atom is 0.323 e. The lowest BCUT2D eigenvalue weighted by atomic mass is 10.3. The number of anilines is 1. The molecule has 7 nitrogen and oxygen atoms in total. The number of carbonyl (C=O) groups excluding carboxylic acids is 2. The molecule has 0 fully saturated rings. The van der Waals surface area contributed by atoms with Gasteiger partial charge in [-0.2, -0.15) is 0 Å². The van der Waals surface area contributed by atoms with Crippen molar-refractivity contribution < 1.29 is 28.3 Å². The van der Waals surface area contributed by atoms with Crippen molar-refractivity contribution in [3.63, 3.8) is 0 Å². The highest BCUT2D eigenvalue weighted by Crippen LogP contribution is 2.15. The number of primary amides is 1. The summed E-state index contributed by atoms with van der Waals surface area (Å²) in [6.45, 7) is -1.45. The zero-order valence-electron chi connectivity index (χ0n) is 10.1. The molecule has 1 aromatic rings. The first-order valence-electron chi connectivity index (χ1n) is 5.30. The van der Waals surface area contributed by atoms with E-state index in [0.717, 1.165) is 12.1 Å². The van der Waals surface area contributed by atoms with E-state index < -0.39 is 42.6 Å². The molecule has 108 valence electrons. The largest absolute Gasteiger partial charge is 0.480 e. The van der Waals surface area contributed by atoms with Gasteiger partial charge < -0.3 is 21.1 Å². The predicted octanol–water partition coefficient (Wildman–Crippen LogP) is 0.369. The van der Waals surface area contributed by atoms with E-state index in [1.807, 2.05) is 5.32 Å². The fourth-order valence-corrected chi connectivity index (χ4v) is 1.34. The highest BCUT2D eigenvalue weighted by molar-refractivity contribution is 5.94. The maximum absolute atomic E-state index is 13.3. The van der Waals surface area contributed by atoms with Crippen LogP contribution in [0, 0.1) is 11.6 Å². The number of amides is 3. The Morgan fingerprint density at radius 2 is 1.90 bits per heavy atom. The summed E-state index contributed by atoms with van der Waals surface area (Å²) in [4.78, 5) is 33.6. The monoisotopic (exact) mass is 287 g/mol. The van der Waals surface area contributed by atoms with Gasteiger partial charge in [0.15, 0.2) is 0 Å². The third-order valence-electron chi connectivity index (χ3n) is 2.13. The number of rotatable bonds is 5. The molecular formula is C11H11F2N3O4. The van der Waals surface area contributed by atoms with Gasteiger partial charge in [0.25, 0.3) is 0 Å². The number of aliphatic carboxylic acids is 1. The second-order valence-corrected chi connectivity index (χ2v) is 3.77. The Bertz CT molecular complexity index is 534. The van der Waals surface area contributed by atoms with Gasteiger partial charge in [0.2, 0.25) is 5.91 Å². The molecule has 3 amide bonds. The predicted molar refractivity (Wildman–Crippen MR) is 63.8 cm³/mol. The summed E-state index contributed by atoms with van der Waals surface area (Å²) in [5.74, 6) is -4.17. The number of hydrogen-bond acceptors (Lipinski definition) is 3. The lowest BCUT2D eigenvalue weighted by molar-refractivity contribution is -0.137. The zero-order chi connectivity index (χ0) is 15.3. The van der Waals surface area contributed by atoms with Crippen LogP contribution in [0.3, 0.4) is 0 Å². The normalized spacial score (nSPS) is 9.90. The molecule has 20 heavy (non-hydrogen) atoms. The molecule has 0 heterocycles. The number of nitrogens with two attached hydrogens (primary N) is 1. The Labute approximate surface area is 112 Å². The SMILES string of the molecule is NC(=O)CN(CC(=O)O)C(=O)Nc1ccc(F)cc1F. The summed E-state index contributed by atoms with van der Waals surface area (Å²) in [5, 5.41) is 10.6. The number of carboxylic acid groups (broad SMARTS) is 1. The fraction of sp³-hybridized carbons (Fsp3) is 0.182. The van der Waals surface area contributed by atoms with Crippen LogP contribution in [0.15, 0.2) is 18.2 Å². The summed E-state index contributed by atoms with van der Waals surface area (Å²) in [7, 11) is 0. The molecule has 4 N–H and O–H groups in total. The van der Waals surface area contributed by atoms with Crippen molar-refractivity contribution >= 4 is 23.6 Å². The van der Waals surface area contributed by atoms with Crippen molar-refractivity contribution in [1.29, 1.82) is 0 Å². The van der Waals surface area contributed by atoms with Crippen molar-refractivity contribution in [2.24, 2.45) is 5.73 Å². The van der Waals surface area contributed by atoms with Crippen LogP contribution < -0.4 is 11.1 Å². The Morgan fingerprint density at radius 1 is 1.25 bits per heavy atom. The van der Waals surface area contributed by atoms with Gasteiger partial charge in [-0.15, -0.1) is 0 Å². The van der Waals surface area contributed by atoms with E-state index >= 15 is 0 Å². The minimum absolute atomic E-state index is 0.351. The van der Waals surface area contributed by atoms with E-state index in [1.165, 1.54) is 0 Å². The Morgan fingerprint density at radius 3 is 2.40 bits per heavy atom. The quantitative estimate of drug-likeness (QED) is 0.726. The molecule has 0 saturated carbocycles. The lowest BCUT2D eigenvalue weighted by Gasteiger charge is -2.19. The van der Waals surface area contributed by atoms with Gasteiger partial charge in [0.1, 0.15) is 24.7 Å². The first-order valence-corrected chi connectivity index (χ1v) is 5.30. The number of carboxylic acids is 1. The second kappa shape index (κ2) is 6.45. The van der Waals surface area contributed by atoms with Crippen molar-refractivity contribution in [2.75, 3.05) is 18.4 Å². The van der Waals surface area contributed by atoms with Crippen LogP contribution in [0.25, 0.3) is 0 Å². The summed E-state index contributed by atoms with van der Waals surface area (Å²) >= 11 is 0. The molecule has 9 heteroatoms. The minimum atomic E-state index is -1.37. The van der Waals surface area contributed by atoms with Crippen LogP contribution in [0.2, 0.25) is 0 Å². The Kier molecular flexibility index (Phi) is 4.95. The number of benzene rings is 1. The molecule has 0 aliphatic heterocycles. The molecule has 0 atom stereocenters. The molecule has 0 spiro atoms. The average molecular weight is 287 g/mol. The number of carbonyl (C=O) groups is 3. The van der Waals surface area contributed by atoms with Gasteiger partial charge in [-0.05, 0) is 12.1 Å². The molecule has 0 aliphatic carbocycles.